The molecule has 0 saturated heterocycles. The van der Waals surface area contributed by atoms with Crippen molar-refractivity contribution in [2.24, 2.45) is 5.84 Å². The Morgan fingerprint density at radius 2 is 2.44 bits per heavy atom. The quantitative estimate of drug-likeness (QED) is 0.249. The van der Waals surface area contributed by atoms with Gasteiger partial charge in [-0.2, -0.15) is 0 Å². The van der Waals surface area contributed by atoms with Crippen LogP contribution in [0, 0.1) is 0 Å². The first-order valence-corrected chi connectivity index (χ1v) is 2.98. The predicted octanol–water partition coefficient (Wildman–Crippen LogP) is 0.333. The third kappa shape index (κ3) is 5.03. The third-order valence-corrected chi connectivity index (χ3v) is 0.867. The van der Waals surface area contributed by atoms with E-state index in [0.29, 0.717) is 0 Å². The van der Waals surface area contributed by atoms with E-state index in [1.807, 2.05) is 12.3 Å². The van der Waals surface area contributed by atoms with Crippen molar-refractivity contribution in [3.8, 4) is 0 Å². The van der Waals surface area contributed by atoms with Crippen LogP contribution in [0.5, 0.6) is 0 Å². The first-order chi connectivity index (χ1) is 4.31. The molecule has 3 heteroatoms. The molecule has 3 nitrogen and oxygen atoms in total. The van der Waals surface area contributed by atoms with Gasteiger partial charge in [-0.25, -0.2) is 5.84 Å². The third-order valence-electron chi connectivity index (χ3n) is 0.867. The van der Waals surface area contributed by atoms with Crippen molar-refractivity contribution < 1.29 is 4.79 Å². The van der Waals surface area contributed by atoms with Gasteiger partial charge in [0.2, 0.25) is 0 Å². The highest BCUT2D eigenvalue weighted by Crippen LogP contribution is 1.86. The van der Waals surface area contributed by atoms with Crippen LogP contribution >= 0.6 is 0 Å². The van der Waals surface area contributed by atoms with Gasteiger partial charge in [-0.1, -0.05) is 19.4 Å². The number of hydrazine groups is 1. The molecule has 0 radical (unpaired) electrons. The lowest BCUT2D eigenvalue weighted by molar-refractivity contribution is -0.116. The molecule has 0 unspecified atom stereocenters. The van der Waals surface area contributed by atoms with E-state index in [2.05, 4.69) is 0 Å². The molecule has 0 fully saturated rings. The minimum absolute atomic E-state index is 0.247. The topological polar surface area (TPSA) is 55.1 Å². The second-order valence-corrected chi connectivity index (χ2v) is 1.70. The van der Waals surface area contributed by atoms with Gasteiger partial charge in [-0.15, -0.1) is 0 Å². The van der Waals surface area contributed by atoms with Crippen molar-refractivity contribution in [3.63, 3.8) is 0 Å². The van der Waals surface area contributed by atoms with Crippen LogP contribution in [0.15, 0.2) is 12.2 Å². The average molecular weight is 128 g/mol. The molecule has 9 heavy (non-hydrogen) atoms. The summed E-state index contributed by atoms with van der Waals surface area (Å²) in [6.45, 7) is 2.05. The van der Waals surface area contributed by atoms with Crippen LogP contribution in [0.1, 0.15) is 19.8 Å². The molecule has 0 atom stereocenters. The standard InChI is InChI=1S/C6H12N2O/c1-2-3-4-5-6(9)8-7/h4-5H,2-3,7H2,1H3,(H,8,9). The molecule has 0 bridgehead atoms. The Morgan fingerprint density at radius 1 is 1.78 bits per heavy atom. The Kier molecular flexibility index (Phi) is 4.82. The molecule has 0 aliphatic carbocycles. The van der Waals surface area contributed by atoms with Crippen LogP contribution in [0.25, 0.3) is 0 Å². The Balaban J connectivity index is 3.32. The summed E-state index contributed by atoms with van der Waals surface area (Å²) >= 11 is 0. The Labute approximate surface area is 54.9 Å². The molecule has 3 N–H and O–H groups in total. The van der Waals surface area contributed by atoms with E-state index in [0.717, 1.165) is 12.8 Å². The van der Waals surface area contributed by atoms with E-state index >= 15 is 0 Å². The molecule has 0 aromatic carbocycles. The highest BCUT2D eigenvalue weighted by Gasteiger charge is 1.84. The molecule has 0 heterocycles. The van der Waals surface area contributed by atoms with Gasteiger partial charge in [0.15, 0.2) is 0 Å². The van der Waals surface area contributed by atoms with Crippen molar-refractivity contribution in [1.29, 1.82) is 0 Å². The molecular formula is C6H12N2O. The van der Waals surface area contributed by atoms with Crippen LogP contribution in [0.2, 0.25) is 0 Å². The smallest absolute Gasteiger partial charge is 0.257 e. The number of nitrogens with one attached hydrogen (secondary N) is 1. The fourth-order valence-electron chi connectivity index (χ4n) is 0.405. The molecule has 0 rings (SSSR count). The summed E-state index contributed by atoms with van der Waals surface area (Å²) in [6.07, 6.45) is 5.20. The van der Waals surface area contributed by atoms with Gasteiger partial charge in [0.05, 0.1) is 0 Å². The molecule has 52 valence electrons. The van der Waals surface area contributed by atoms with Gasteiger partial charge >= 0.3 is 0 Å². The van der Waals surface area contributed by atoms with Crippen LogP contribution in [0.4, 0.5) is 0 Å². The zero-order valence-electron chi connectivity index (χ0n) is 5.55. The fraction of sp³-hybridized carbons (Fsp3) is 0.500. The number of hydrogen-bond acceptors (Lipinski definition) is 2. The summed E-state index contributed by atoms with van der Waals surface area (Å²) < 4.78 is 0. The van der Waals surface area contributed by atoms with Crippen molar-refractivity contribution in [2.75, 3.05) is 0 Å². The average Bonchev–Trinajstić information content (AvgIpc) is 1.89. The van der Waals surface area contributed by atoms with Crippen LogP contribution in [-0.4, -0.2) is 5.91 Å². The highest BCUT2D eigenvalue weighted by molar-refractivity contribution is 5.86. The molecule has 0 aromatic heterocycles. The molecule has 0 saturated carbocycles. The van der Waals surface area contributed by atoms with Crippen molar-refractivity contribution in [2.45, 2.75) is 19.8 Å². The van der Waals surface area contributed by atoms with E-state index in [9.17, 15) is 4.79 Å². The van der Waals surface area contributed by atoms with Crippen LogP contribution in [0.3, 0.4) is 0 Å². The summed E-state index contributed by atoms with van der Waals surface area (Å²) in [7, 11) is 0. The Morgan fingerprint density at radius 3 is 2.89 bits per heavy atom. The fourth-order valence-corrected chi connectivity index (χ4v) is 0.405. The molecule has 0 spiro atoms. The van der Waals surface area contributed by atoms with Gasteiger partial charge in [-0.05, 0) is 6.42 Å². The number of unbranched alkanes of at least 4 members (excludes halogenated alkanes) is 1. The largest absolute Gasteiger partial charge is 0.291 e. The second-order valence-electron chi connectivity index (χ2n) is 1.70. The first kappa shape index (κ1) is 8.17. The van der Waals surface area contributed by atoms with Crippen LogP contribution in [-0.2, 0) is 4.79 Å². The first-order valence-electron chi connectivity index (χ1n) is 2.98. The van der Waals surface area contributed by atoms with Crippen LogP contribution < -0.4 is 11.3 Å². The number of carbonyl (C=O) groups excluding carboxylic acids is 1. The van der Waals surface area contributed by atoms with E-state index in [4.69, 9.17) is 5.84 Å². The number of rotatable bonds is 3. The number of nitrogens with two attached hydrogens (primary N) is 1. The Hall–Kier alpha value is -0.830. The van der Waals surface area contributed by atoms with Gasteiger partial charge in [0.25, 0.3) is 5.91 Å². The number of allylic oxidation sites excluding steroid dienone is 1. The Bertz CT molecular complexity index is 110. The van der Waals surface area contributed by atoms with E-state index < -0.39 is 0 Å². The molecule has 0 aliphatic heterocycles. The lowest BCUT2D eigenvalue weighted by Gasteiger charge is -1.87. The lowest BCUT2D eigenvalue weighted by Crippen LogP contribution is -2.27. The summed E-state index contributed by atoms with van der Waals surface area (Å²) in [4.78, 5) is 10.4. The van der Waals surface area contributed by atoms with Gasteiger partial charge < -0.3 is 0 Å². The SMILES string of the molecule is CCCC=CC(=O)NN. The lowest BCUT2D eigenvalue weighted by atomic mass is 10.3. The molecule has 0 aliphatic rings. The summed E-state index contributed by atoms with van der Waals surface area (Å²) in [5, 5.41) is 0. The van der Waals surface area contributed by atoms with E-state index in [1.54, 1.807) is 6.08 Å². The zero-order valence-corrected chi connectivity index (χ0v) is 5.55. The monoisotopic (exact) mass is 128 g/mol. The summed E-state index contributed by atoms with van der Waals surface area (Å²) in [5.41, 5.74) is 2.00. The van der Waals surface area contributed by atoms with Gasteiger partial charge in [-0.3, -0.25) is 10.2 Å². The molecule has 1 amide bonds. The maximum absolute atomic E-state index is 10.4. The maximum atomic E-state index is 10.4. The number of carbonyl (C=O) groups is 1. The minimum atomic E-state index is -0.247. The van der Waals surface area contributed by atoms with E-state index in [1.165, 1.54) is 6.08 Å². The minimum Gasteiger partial charge on any atom is -0.291 e. The van der Waals surface area contributed by atoms with Crippen molar-refractivity contribution in [1.82, 2.24) is 5.43 Å². The normalized spacial score (nSPS) is 10.0. The summed E-state index contributed by atoms with van der Waals surface area (Å²) in [6, 6.07) is 0. The maximum Gasteiger partial charge on any atom is 0.257 e. The molecular weight excluding hydrogens is 116 g/mol. The van der Waals surface area contributed by atoms with Crippen molar-refractivity contribution in [3.05, 3.63) is 12.2 Å². The van der Waals surface area contributed by atoms with Gasteiger partial charge in [0.1, 0.15) is 0 Å². The van der Waals surface area contributed by atoms with Crippen molar-refractivity contribution >= 4 is 5.91 Å². The number of hydrogen-bond donors (Lipinski definition) is 2. The summed E-state index contributed by atoms with van der Waals surface area (Å²) in [5.74, 6) is 4.56. The zero-order chi connectivity index (χ0) is 7.11. The van der Waals surface area contributed by atoms with E-state index in [-0.39, 0.29) is 5.91 Å². The second kappa shape index (κ2) is 5.31. The van der Waals surface area contributed by atoms with Gasteiger partial charge in [0, 0.05) is 6.08 Å². The molecule has 0 aromatic rings. The number of amides is 1. The predicted molar refractivity (Wildman–Crippen MR) is 36.4 cm³/mol. The highest BCUT2D eigenvalue weighted by atomic mass is 16.2.